The summed E-state index contributed by atoms with van der Waals surface area (Å²) < 4.78 is 10.3. The number of hydrogen-bond donors (Lipinski definition) is 2. The lowest BCUT2D eigenvalue weighted by Gasteiger charge is -2.07. The minimum Gasteiger partial charge on any atom is -0.462 e. The fourth-order valence-corrected chi connectivity index (χ4v) is 2.09. The van der Waals surface area contributed by atoms with Gasteiger partial charge in [0.2, 0.25) is 0 Å². The van der Waals surface area contributed by atoms with Crippen LogP contribution >= 0.6 is 15.9 Å². The van der Waals surface area contributed by atoms with Crippen LogP contribution in [-0.2, 0) is 16.1 Å². The van der Waals surface area contributed by atoms with Gasteiger partial charge in [-0.3, -0.25) is 10.4 Å². The first-order chi connectivity index (χ1) is 10.6. The third kappa shape index (κ3) is 4.08. The number of ether oxygens (including phenoxy) is 2. The molecule has 0 aliphatic heterocycles. The normalized spacial score (nSPS) is 10.1. The molecule has 0 fully saturated rings. The van der Waals surface area contributed by atoms with E-state index < -0.39 is 12.1 Å². The minimum absolute atomic E-state index is 0.0448. The van der Waals surface area contributed by atoms with Gasteiger partial charge >= 0.3 is 12.1 Å². The van der Waals surface area contributed by atoms with Gasteiger partial charge in [0.1, 0.15) is 16.8 Å². The van der Waals surface area contributed by atoms with Crippen molar-refractivity contribution >= 4 is 33.8 Å². The molecule has 0 atom stereocenters. The zero-order valence-electron chi connectivity index (χ0n) is 11.8. The topological polar surface area (TPSA) is 93.3 Å². The molecule has 0 radical (unpaired) electrons. The number of anilines is 1. The maximum atomic E-state index is 11.8. The molecule has 8 heteroatoms. The predicted molar refractivity (Wildman–Crippen MR) is 82.5 cm³/mol. The van der Waals surface area contributed by atoms with E-state index in [9.17, 15) is 9.59 Å². The summed E-state index contributed by atoms with van der Waals surface area (Å²) in [7, 11) is 0. The van der Waals surface area contributed by atoms with Crippen LogP contribution in [0.5, 0.6) is 0 Å². The molecule has 2 N–H and O–H groups in total. The highest BCUT2D eigenvalue weighted by Gasteiger charge is 2.22. The van der Waals surface area contributed by atoms with E-state index in [4.69, 9.17) is 9.47 Å². The van der Waals surface area contributed by atoms with Gasteiger partial charge in [0.25, 0.3) is 0 Å². The van der Waals surface area contributed by atoms with Crippen LogP contribution < -0.4 is 5.32 Å². The lowest BCUT2D eigenvalue weighted by atomic mass is 10.2. The number of aromatic amines is 1. The molecule has 116 valence electrons. The second-order valence-corrected chi connectivity index (χ2v) is 4.96. The molecule has 0 aliphatic rings. The van der Waals surface area contributed by atoms with Crippen molar-refractivity contribution in [1.29, 1.82) is 0 Å². The first kappa shape index (κ1) is 16.0. The Bertz CT molecular complexity index is 657. The molecule has 2 rings (SSSR count). The van der Waals surface area contributed by atoms with Crippen molar-refractivity contribution in [3.8, 4) is 0 Å². The number of H-pyrrole nitrogens is 1. The van der Waals surface area contributed by atoms with Crippen LogP contribution in [0.2, 0.25) is 0 Å². The van der Waals surface area contributed by atoms with E-state index in [0.717, 1.165) is 5.56 Å². The molecule has 1 aromatic carbocycles. The monoisotopic (exact) mass is 367 g/mol. The fraction of sp³-hybridized carbons (Fsp3) is 0.214. The molecule has 22 heavy (non-hydrogen) atoms. The van der Waals surface area contributed by atoms with Crippen molar-refractivity contribution in [1.82, 2.24) is 10.2 Å². The summed E-state index contributed by atoms with van der Waals surface area (Å²) in [5.41, 5.74) is 0.963. The van der Waals surface area contributed by atoms with Crippen molar-refractivity contribution in [3.63, 3.8) is 0 Å². The summed E-state index contributed by atoms with van der Waals surface area (Å²) in [5, 5.41) is 8.79. The van der Waals surface area contributed by atoms with Crippen LogP contribution in [0.25, 0.3) is 0 Å². The van der Waals surface area contributed by atoms with Gasteiger partial charge in [-0.2, -0.15) is 5.10 Å². The highest BCUT2D eigenvalue weighted by atomic mass is 79.9. The van der Waals surface area contributed by atoms with E-state index in [1.165, 1.54) is 0 Å². The number of rotatable bonds is 5. The molecule has 1 amide bonds. The lowest BCUT2D eigenvalue weighted by molar-refractivity contribution is 0.0526. The number of nitrogens with zero attached hydrogens (tertiary/aromatic N) is 1. The van der Waals surface area contributed by atoms with Crippen molar-refractivity contribution in [3.05, 3.63) is 46.1 Å². The van der Waals surface area contributed by atoms with Crippen molar-refractivity contribution in [2.45, 2.75) is 13.5 Å². The molecule has 0 saturated heterocycles. The third-order valence-corrected chi connectivity index (χ3v) is 3.21. The van der Waals surface area contributed by atoms with Gasteiger partial charge in [-0.25, -0.2) is 9.59 Å². The fourth-order valence-electron chi connectivity index (χ4n) is 1.66. The van der Waals surface area contributed by atoms with E-state index in [-0.39, 0.29) is 24.6 Å². The highest BCUT2D eigenvalue weighted by Crippen LogP contribution is 2.22. The average Bonchev–Trinajstić information content (AvgIpc) is 2.87. The quantitative estimate of drug-likeness (QED) is 0.791. The number of carbonyl (C=O) groups is 2. The summed E-state index contributed by atoms with van der Waals surface area (Å²) in [6.07, 6.45) is -0.714. The Kier molecular flexibility index (Phi) is 5.54. The number of hydrogen-bond acceptors (Lipinski definition) is 5. The van der Waals surface area contributed by atoms with Crippen LogP contribution in [0.15, 0.2) is 34.9 Å². The second kappa shape index (κ2) is 7.60. The zero-order chi connectivity index (χ0) is 15.9. The Hall–Kier alpha value is -2.35. The highest BCUT2D eigenvalue weighted by molar-refractivity contribution is 9.10. The summed E-state index contributed by atoms with van der Waals surface area (Å²) in [6.45, 7) is 2.02. The van der Waals surface area contributed by atoms with Crippen molar-refractivity contribution in [2.24, 2.45) is 0 Å². The molecular weight excluding hydrogens is 354 g/mol. The first-order valence-electron chi connectivity index (χ1n) is 6.50. The molecule has 7 nitrogen and oxygen atoms in total. The number of esters is 1. The van der Waals surface area contributed by atoms with E-state index in [1.807, 2.05) is 30.3 Å². The summed E-state index contributed by atoms with van der Waals surface area (Å²) >= 11 is 3.14. The molecule has 2 aromatic rings. The summed E-state index contributed by atoms with van der Waals surface area (Å²) in [5.74, 6) is -0.551. The molecular formula is C14H14BrN3O4. The van der Waals surface area contributed by atoms with E-state index in [0.29, 0.717) is 4.60 Å². The van der Waals surface area contributed by atoms with Crippen LogP contribution in [-0.4, -0.2) is 28.9 Å². The molecule has 1 aromatic heterocycles. The molecule has 0 saturated carbocycles. The summed E-state index contributed by atoms with van der Waals surface area (Å²) in [4.78, 5) is 23.6. The van der Waals surface area contributed by atoms with E-state index in [2.05, 4.69) is 31.4 Å². The van der Waals surface area contributed by atoms with Crippen LogP contribution in [0, 0.1) is 0 Å². The van der Waals surface area contributed by atoms with Gasteiger partial charge in [0.15, 0.2) is 5.82 Å². The predicted octanol–water partition coefficient (Wildman–Crippen LogP) is 3.10. The zero-order valence-corrected chi connectivity index (χ0v) is 13.3. The second-order valence-electron chi connectivity index (χ2n) is 4.17. The molecule has 0 aliphatic carbocycles. The van der Waals surface area contributed by atoms with Gasteiger partial charge < -0.3 is 9.47 Å². The third-order valence-electron chi connectivity index (χ3n) is 2.63. The van der Waals surface area contributed by atoms with E-state index >= 15 is 0 Å². The van der Waals surface area contributed by atoms with Gasteiger partial charge in [-0.15, -0.1) is 0 Å². The number of amides is 1. The van der Waals surface area contributed by atoms with Crippen LogP contribution in [0.1, 0.15) is 22.8 Å². The van der Waals surface area contributed by atoms with Gasteiger partial charge in [-0.1, -0.05) is 30.3 Å². The average molecular weight is 368 g/mol. The Morgan fingerprint density at radius 3 is 2.68 bits per heavy atom. The van der Waals surface area contributed by atoms with Gasteiger partial charge in [-0.05, 0) is 28.4 Å². The Balaban J connectivity index is 1.98. The number of benzene rings is 1. The van der Waals surface area contributed by atoms with Crippen LogP contribution in [0.3, 0.4) is 0 Å². The largest absolute Gasteiger partial charge is 0.462 e. The van der Waals surface area contributed by atoms with Gasteiger partial charge in [0, 0.05) is 0 Å². The van der Waals surface area contributed by atoms with Crippen molar-refractivity contribution < 1.29 is 19.1 Å². The van der Waals surface area contributed by atoms with Crippen molar-refractivity contribution in [2.75, 3.05) is 11.9 Å². The Labute approximate surface area is 135 Å². The smallest absolute Gasteiger partial charge is 0.413 e. The standard InChI is InChI=1S/C14H14BrN3O4/c1-2-21-13(19)10-11(15)17-18-12(10)16-14(20)22-8-9-6-4-3-5-7-9/h3-7H,2,8H2,1H3,(H2,16,17,18,20). The molecule has 0 unspecified atom stereocenters. The SMILES string of the molecule is CCOC(=O)c1c(NC(=O)OCc2ccccc2)n[nH]c1Br. The number of nitrogens with one attached hydrogen (secondary N) is 2. The Morgan fingerprint density at radius 2 is 2.00 bits per heavy atom. The molecule has 0 bridgehead atoms. The minimum atomic E-state index is -0.714. The molecule has 1 heterocycles. The summed E-state index contributed by atoms with van der Waals surface area (Å²) in [6, 6.07) is 9.24. The van der Waals surface area contributed by atoms with Gasteiger partial charge in [0.05, 0.1) is 6.61 Å². The number of carbonyl (C=O) groups excluding carboxylic acids is 2. The molecule has 0 spiro atoms. The first-order valence-corrected chi connectivity index (χ1v) is 7.29. The maximum Gasteiger partial charge on any atom is 0.413 e. The van der Waals surface area contributed by atoms with E-state index in [1.54, 1.807) is 6.92 Å². The maximum absolute atomic E-state index is 11.8. The Morgan fingerprint density at radius 1 is 1.27 bits per heavy atom. The number of aromatic nitrogens is 2. The number of halogens is 1. The van der Waals surface area contributed by atoms with Crippen LogP contribution in [0.4, 0.5) is 10.6 Å². The lowest BCUT2D eigenvalue weighted by Crippen LogP contribution is -2.16.